The Labute approximate surface area is 162 Å². The van der Waals surface area contributed by atoms with Crippen LogP contribution in [0.25, 0.3) is 0 Å². The van der Waals surface area contributed by atoms with Crippen LogP contribution in [0.3, 0.4) is 0 Å². The molecule has 2 amide bonds. The Morgan fingerprint density at radius 2 is 1.89 bits per heavy atom. The van der Waals surface area contributed by atoms with E-state index in [2.05, 4.69) is 24.1 Å². The number of nitrogens with zero attached hydrogens (tertiary/aromatic N) is 3. The van der Waals surface area contributed by atoms with Crippen LogP contribution in [0.15, 0.2) is 30.3 Å². The van der Waals surface area contributed by atoms with Gasteiger partial charge in [-0.3, -0.25) is 14.5 Å². The topological polar surface area (TPSA) is 55.9 Å². The first kappa shape index (κ1) is 19.8. The smallest absolute Gasteiger partial charge is 0.240 e. The Morgan fingerprint density at radius 3 is 2.52 bits per heavy atom. The van der Waals surface area contributed by atoms with E-state index < -0.39 is 0 Å². The predicted molar refractivity (Wildman–Crippen MR) is 106 cm³/mol. The fraction of sp³-hybridized carbons (Fsp3) is 0.619. The highest BCUT2D eigenvalue weighted by Crippen LogP contribution is 2.27. The molecule has 6 nitrogen and oxygen atoms in total. The molecule has 1 N–H and O–H groups in total. The van der Waals surface area contributed by atoms with E-state index in [0.29, 0.717) is 19.5 Å². The quantitative estimate of drug-likeness (QED) is 0.815. The van der Waals surface area contributed by atoms with Gasteiger partial charge in [0.1, 0.15) is 0 Å². The zero-order valence-electron chi connectivity index (χ0n) is 16.7. The number of likely N-dealkylation sites (N-methyl/N-ethyl adjacent to an activating group) is 1. The summed E-state index contributed by atoms with van der Waals surface area (Å²) >= 11 is 0. The molecule has 2 saturated heterocycles. The van der Waals surface area contributed by atoms with Crippen molar-refractivity contribution in [1.82, 2.24) is 20.0 Å². The predicted octanol–water partition coefficient (Wildman–Crippen LogP) is 1.18. The second kappa shape index (κ2) is 8.85. The minimum absolute atomic E-state index is 0.0380. The molecule has 2 unspecified atom stereocenters. The number of nitrogens with one attached hydrogen (secondary N) is 1. The highest BCUT2D eigenvalue weighted by molar-refractivity contribution is 5.85. The Morgan fingerprint density at radius 1 is 1.22 bits per heavy atom. The molecule has 0 aliphatic carbocycles. The molecule has 0 spiro atoms. The van der Waals surface area contributed by atoms with Gasteiger partial charge in [0.15, 0.2) is 0 Å². The number of amides is 2. The van der Waals surface area contributed by atoms with Gasteiger partial charge in [-0.15, -0.1) is 0 Å². The van der Waals surface area contributed by atoms with Crippen LogP contribution in [0.1, 0.15) is 25.8 Å². The van der Waals surface area contributed by atoms with E-state index in [1.165, 1.54) is 0 Å². The van der Waals surface area contributed by atoms with Crippen molar-refractivity contribution in [1.29, 1.82) is 0 Å². The van der Waals surface area contributed by atoms with Gasteiger partial charge in [0.05, 0.1) is 6.04 Å². The molecule has 2 heterocycles. The number of benzene rings is 1. The van der Waals surface area contributed by atoms with Crippen LogP contribution in [-0.4, -0.2) is 78.4 Å². The average Bonchev–Trinajstić information content (AvgIpc) is 3.03. The minimum atomic E-state index is -0.243. The largest absolute Gasteiger partial charge is 0.339 e. The number of piperazine rings is 1. The van der Waals surface area contributed by atoms with Crippen molar-refractivity contribution in [3.8, 4) is 0 Å². The number of carbonyl (C=O) groups is 2. The lowest BCUT2D eigenvalue weighted by Crippen LogP contribution is -2.57. The molecular formula is C21H32N4O2. The van der Waals surface area contributed by atoms with Crippen molar-refractivity contribution in [2.75, 3.05) is 39.8 Å². The SMILES string of the molecule is CC(C)N(C)C(C(=O)N1CCNCC1)C1CC(=O)N(Cc2ccccc2)C1. The highest BCUT2D eigenvalue weighted by Gasteiger charge is 2.42. The van der Waals surface area contributed by atoms with Crippen LogP contribution < -0.4 is 5.32 Å². The van der Waals surface area contributed by atoms with Crippen LogP contribution in [0.2, 0.25) is 0 Å². The van der Waals surface area contributed by atoms with E-state index in [-0.39, 0.29) is 29.8 Å². The maximum absolute atomic E-state index is 13.3. The van der Waals surface area contributed by atoms with Gasteiger partial charge < -0.3 is 15.1 Å². The maximum Gasteiger partial charge on any atom is 0.240 e. The van der Waals surface area contributed by atoms with E-state index in [1.54, 1.807) is 0 Å². The zero-order valence-corrected chi connectivity index (χ0v) is 16.7. The summed E-state index contributed by atoms with van der Waals surface area (Å²) < 4.78 is 0. The van der Waals surface area contributed by atoms with E-state index in [1.807, 2.05) is 47.2 Å². The Kier molecular flexibility index (Phi) is 6.50. The molecule has 6 heteroatoms. The Bertz CT molecular complexity index is 643. The Hall–Kier alpha value is -1.92. The average molecular weight is 373 g/mol. The molecule has 0 bridgehead atoms. The van der Waals surface area contributed by atoms with Crippen LogP contribution in [0, 0.1) is 5.92 Å². The summed E-state index contributed by atoms with van der Waals surface area (Å²) in [4.78, 5) is 32.0. The van der Waals surface area contributed by atoms with Crippen molar-refractivity contribution < 1.29 is 9.59 Å². The van der Waals surface area contributed by atoms with Crippen molar-refractivity contribution in [2.45, 2.75) is 38.9 Å². The highest BCUT2D eigenvalue weighted by atomic mass is 16.2. The summed E-state index contributed by atoms with van der Waals surface area (Å²) in [6.45, 7) is 8.66. The molecule has 2 fully saturated rings. The van der Waals surface area contributed by atoms with Gasteiger partial charge in [-0.25, -0.2) is 0 Å². The monoisotopic (exact) mass is 372 g/mol. The Balaban J connectivity index is 1.74. The fourth-order valence-electron chi connectivity index (χ4n) is 4.07. The summed E-state index contributed by atoms with van der Waals surface area (Å²) in [5, 5.41) is 3.30. The second-order valence-corrected chi connectivity index (χ2v) is 8.00. The number of hydrogen-bond donors (Lipinski definition) is 1. The minimum Gasteiger partial charge on any atom is -0.339 e. The van der Waals surface area contributed by atoms with E-state index in [9.17, 15) is 9.59 Å². The molecule has 3 rings (SSSR count). The first-order valence-electron chi connectivity index (χ1n) is 10.0. The first-order chi connectivity index (χ1) is 13.0. The third-order valence-corrected chi connectivity index (χ3v) is 5.84. The molecular weight excluding hydrogens is 340 g/mol. The van der Waals surface area contributed by atoms with Crippen LogP contribution in [0.4, 0.5) is 0 Å². The van der Waals surface area contributed by atoms with Gasteiger partial charge in [0.25, 0.3) is 0 Å². The molecule has 27 heavy (non-hydrogen) atoms. The van der Waals surface area contributed by atoms with Crippen LogP contribution in [0.5, 0.6) is 0 Å². The molecule has 0 radical (unpaired) electrons. The standard InChI is InChI=1S/C21H32N4O2/c1-16(2)23(3)20(21(27)24-11-9-22-10-12-24)18-13-19(26)25(15-18)14-17-7-5-4-6-8-17/h4-8,16,18,20,22H,9-15H2,1-3H3. The van der Waals surface area contributed by atoms with E-state index >= 15 is 0 Å². The summed E-state index contributed by atoms with van der Waals surface area (Å²) in [7, 11) is 2.01. The number of likely N-dealkylation sites (tertiary alicyclic amines) is 1. The lowest BCUT2D eigenvalue weighted by molar-refractivity contribution is -0.139. The molecule has 0 saturated carbocycles. The van der Waals surface area contributed by atoms with Crippen LogP contribution >= 0.6 is 0 Å². The summed E-state index contributed by atoms with van der Waals surface area (Å²) in [5.74, 6) is 0.363. The maximum atomic E-state index is 13.3. The van der Waals surface area contributed by atoms with E-state index in [0.717, 1.165) is 31.7 Å². The van der Waals surface area contributed by atoms with E-state index in [4.69, 9.17) is 0 Å². The third kappa shape index (κ3) is 4.68. The lowest BCUT2D eigenvalue weighted by atomic mass is 9.94. The summed E-state index contributed by atoms with van der Waals surface area (Å²) in [6.07, 6.45) is 0.451. The van der Waals surface area contributed by atoms with Crippen molar-refractivity contribution >= 4 is 11.8 Å². The second-order valence-electron chi connectivity index (χ2n) is 8.00. The van der Waals surface area contributed by atoms with Gasteiger partial charge in [-0.2, -0.15) is 0 Å². The number of rotatable bonds is 6. The van der Waals surface area contributed by atoms with Gasteiger partial charge >= 0.3 is 0 Å². The number of carbonyl (C=O) groups excluding carboxylic acids is 2. The normalized spacial score (nSPS) is 22.0. The number of hydrogen-bond acceptors (Lipinski definition) is 4. The zero-order chi connectivity index (χ0) is 19.4. The molecule has 148 valence electrons. The summed E-state index contributed by atoms with van der Waals surface area (Å²) in [6, 6.07) is 10.1. The van der Waals surface area contributed by atoms with Gasteiger partial charge in [0.2, 0.25) is 11.8 Å². The third-order valence-electron chi connectivity index (χ3n) is 5.84. The molecule has 1 aromatic rings. The summed E-state index contributed by atoms with van der Waals surface area (Å²) in [5.41, 5.74) is 1.13. The van der Waals surface area contributed by atoms with Gasteiger partial charge in [0, 0.05) is 57.6 Å². The van der Waals surface area contributed by atoms with Crippen molar-refractivity contribution in [3.05, 3.63) is 35.9 Å². The molecule has 1 aromatic carbocycles. The van der Waals surface area contributed by atoms with Crippen molar-refractivity contribution in [3.63, 3.8) is 0 Å². The fourth-order valence-corrected chi connectivity index (χ4v) is 4.07. The molecule has 0 aromatic heterocycles. The van der Waals surface area contributed by atoms with Crippen LogP contribution in [-0.2, 0) is 16.1 Å². The molecule has 2 aliphatic heterocycles. The molecule has 2 aliphatic rings. The molecule has 2 atom stereocenters. The van der Waals surface area contributed by atoms with Gasteiger partial charge in [-0.05, 0) is 26.5 Å². The lowest BCUT2D eigenvalue weighted by Gasteiger charge is -2.39. The van der Waals surface area contributed by atoms with Crippen molar-refractivity contribution in [2.24, 2.45) is 5.92 Å². The van der Waals surface area contributed by atoms with Gasteiger partial charge in [-0.1, -0.05) is 30.3 Å². The first-order valence-corrected chi connectivity index (χ1v) is 10.0.